The Morgan fingerprint density at radius 3 is 2.57 bits per heavy atom. The number of alkyl halides is 3. The van der Waals surface area contributed by atoms with E-state index in [1.807, 2.05) is 0 Å². The van der Waals surface area contributed by atoms with E-state index in [9.17, 15) is 13.2 Å². The molecule has 28 heavy (non-hydrogen) atoms. The minimum absolute atomic E-state index is 0.0205. The van der Waals surface area contributed by atoms with Crippen LogP contribution in [0.25, 0.3) is 0 Å². The van der Waals surface area contributed by atoms with E-state index >= 15 is 0 Å². The quantitative estimate of drug-likeness (QED) is 0.752. The maximum Gasteiger partial charge on any atom is 0.434 e. The van der Waals surface area contributed by atoms with E-state index in [-0.39, 0.29) is 10.3 Å². The third-order valence-corrected chi connectivity index (χ3v) is 6.72. The molecule has 0 aliphatic carbocycles. The highest BCUT2D eigenvalue weighted by Gasteiger charge is 2.43. The number of anilines is 1. The van der Waals surface area contributed by atoms with E-state index in [2.05, 4.69) is 26.8 Å². The summed E-state index contributed by atoms with van der Waals surface area (Å²) < 4.78 is 44.9. The summed E-state index contributed by atoms with van der Waals surface area (Å²) in [6.07, 6.45) is 1.91. The zero-order chi connectivity index (χ0) is 19.8. The average molecular weight is 410 g/mol. The van der Waals surface area contributed by atoms with Gasteiger partial charge in [-0.15, -0.1) is 0 Å². The number of pyridine rings is 1. The lowest BCUT2D eigenvalue weighted by Gasteiger charge is -2.41. The van der Waals surface area contributed by atoms with E-state index in [1.54, 1.807) is 6.20 Å². The third-order valence-electron chi connectivity index (χ3n) is 5.75. The summed E-state index contributed by atoms with van der Waals surface area (Å²) >= 11 is 0.921. The number of halogens is 3. The van der Waals surface area contributed by atoms with Gasteiger partial charge in [-0.05, 0) is 30.9 Å². The van der Waals surface area contributed by atoms with Crippen molar-refractivity contribution in [3.63, 3.8) is 0 Å². The van der Waals surface area contributed by atoms with Gasteiger partial charge in [0, 0.05) is 36.2 Å². The fraction of sp³-hybridized carbons (Fsp3) is 0.526. The number of rotatable bonds is 3. The molecule has 1 spiro atoms. The topological polar surface area (TPSA) is 51.1 Å². The van der Waals surface area contributed by atoms with Crippen molar-refractivity contribution in [3.05, 3.63) is 36.4 Å². The molecule has 2 aromatic rings. The molecule has 1 atom stereocenters. The van der Waals surface area contributed by atoms with E-state index in [1.165, 1.54) is 18.3 Å². The second-order valence-corrected chi connectivity index (χ2v) is 8.49. The lowest BCUT2D eigenvalue weighted by atomic mass is 9.72. The molecular formula is C19H21F3N4OS. The molecule has 9 heteroatoms. The summed E-state index contributed by atoms with van der Waals surface area (Å²) in [5.74, 6) is 1.33. The van der Waals surface area contributed by atoms with Crippen LogP contribution in [0.4, 0.5) is 19.0 Å². The molecule has 0 radical (unpaired) electrons. The van der Waals surface area contributed by atoms with Crippen molar-refractivity contribution in [1.82, 2.24) is 15.0 Å². The summed E-state index contributed by atoms with van der Waals surface area (Å²) in [7, 11) is 0. The Morgan fingerprint density at radius 1 is 1.18 bits per heavy atom. The van der Waals surface area contributed by atoms with Crippen molar-refractivity contribution in [2.45, 2.75) is 35.9 Å². The van der Waals surface area contributed by atoms with Crippen molar-refractivity contribution in [3.8, 4) is 0 Å². The van der Waals surface area contributed by atoms with Crippen molar-refractivity contribution in [2.24, 2.45) is 11.3 Å². The summed E-state index contributed by atoms with van der Waals surface area (Å²) in [4.78, 5) is 14.4. The van der Waals surface area contributed by atoms with Gasteiger partial charge >= 0.3 is 6.18 Å². The van der Waals surface area contributed by atoms with Crippen LogP contribution >= 0.6 is 11.8 Å². The van der Waals surface area contributed by atoms with Crippen LogP contribution in [0.3, 0.4) is 0 Å². The van der Waals surface area contributed by atoms with Gasteiger partial charge in [0.05, 0.1) is 19.0 Å². The van der Waals surface area contributed by atoms with Crippen molar-refractivity contribution in [1.29, 1.82) is 0 Å². The van der Waals surface area contributed by atoms with Crippen molar-refractivity contribution >= 4 is 17.6 Å². The second kappa shape index (κ2) is 7.51. The largest absolute Gasteiger partial charge is 0.434 e. The number of aromatic nitrogens is 3. The van der Waals surface area contributed by atoms with E-state index in [0.29, 0.717) is 10.9 Å². The predicted octanol–water partition coefficient (Wildman–Crippen LogP) is 4.29. The lowest BCUT2D eigenvalue weighted by molar-refractivity contribution is -0.143. The minimum Gasteiger partial charge on any atom is -0.381 e. The van der Waals surface area contributed by atoms with Gasteiger partial charge in [-0.1, -0.05) is 18.7 Å². The highest BCUT2D eigenvalue weighted by molar-refractivity contribution is 7.99. The number of nitrogens with zero attached hydrogens (tertiary/aromatic N) is 4. The Hall–Kier alpha value is -1.87. The number of ether oxygens (including phenoxy) is 1. The standard InChI is InChI=1S/C19H21F3N4OS/c1-13-11-27-12-18(13)4-7-26(8-5-18)15-9-25-16(10-24-15)28-14-3-2-6-23-17(14)19(20,21)22/h2-3,6,9-10,13H,4-5,7-8,11-12H2,1H3/t13-/m1/s1. The average Bonchev–Trinajstić information content (AvgIpc) is 3.03. The second-order valence-electron chi connectivity index (χ2n) is 7.43. The zero-order valence-corrected chi connectivity index (χ0v) is 16.3. The molecule has 0 saturated carbocycles. The van der Waals surface area contributed by atoms with Crippen LogP contribution in [0.2, 0.25) is 0 Å². The lowest BCUT2D eigenvalue weighted by Crippen LogP contribution is -2.43. The van der Waals surface area contributed by atoms with Gasteiger partial charge in [-0.3, -0.25) is 4.98 Å². The number of hydrogen-bond donors (Lipinski definition) is 0. The summed E-state index contributed by atoms with van der Waals surface area (Å²) in [5, 5.41) is 0.411. The fourth-order valence-electron chi connectivity index (χ4n) is 3.90. The van der Waals surface area contributed by atoms with Crippen molar-refractivity contribution < 1.29 is 17.9 Å². The Bertz CT molecular complexity index is 823. The van der Waals surface area contributed by atoms with Crippen LogP contribution in [0.1, 0.15) is 25.5 Å². The summed E-state index contributed by atoms with van der Waals surface area (Å²) in [5.41, 5.74) is -0.631. The van der Waals surface area contributed by atoms with Crippen LogP contribution in [0.5, 0.6) is 0 Å². The van der Waals surface area contributed by atoms with Gasteiger partial charge < -0.3 is 9.64 Å². The Morgan fingerprint density at radius 2 is 1.96 bits per heavy atom. The first-order valence-corrected chi connectivity index (χ1v) is 10.0. The smallest absolute Gasteiger partial charge is 0.381 e. The third kappa shape index (κ3) is 3.82. The van der Waals surface area contributed by atoms with Crippen LogP contribution in [-0.2, 0) is 10.9 Å². The molecule has 2 aliphatic rings. The fourth-order valence-corrected chi connectivity index (χ4v) is 4.75. The Balaban J connectivity index is 1.43. The SMILES string of the molecule is C[C@@H]1COCC12CCN(c1cnc(Sc3cccnc3C(F)(F)F)cn1)CC2. The maximum absolute atomic E-state index is 13.1. The summed E-state index contributed by atoms with van der Waals surface area (Å²) in [6.45, 7) is 5.68. The van der Waals surface area contributed by atoms with Gasteiger partial charge in [-0.25, -0.2) is 9.97 Å². The normalized spacial score (nSPS) is 22.0. The molecule has 4 heterocycles. The highest BCUT2D eigenvalue weighted by atomic mass is 32.2. The first-order chi connectivity index (χ1) is 13.4. The zero-order valence-electron chi connectivity index (χ0n) is 15.4. The summed E-state index contributed by atoms with van der Waals surface area (Å²) in [6, 6.07) is 2.88. The molecule has 0 amide bonds. The maximum atomic E-state index is 13.1. The van der Waals surface area contributed by atoms with Gasteiger partial charge in [0.1, 0.15) is 10.8 Å². The Kier molecular flexibility index (Phi) is 5.22. The number of piperidine rings is 1. The monoisotopic (exact) mass is 410 g/mol. The van der Waals surface area contributed by atoms with Gasteiger partial charge in [0.2, 0.25) is 0 Å². The molecule has 0 bridgehead atoms. The molecule has 5 nitrogen and oxygen atoms in total. The molecule has 2 aromatic heterocycles. The number of hydrogen-bond acceptors (Lipinski definition) is 6. The van der Waals surface area contributed by atoms with Crippen LogP contribution in [-0.4, -0.2) is 41.3 Å². The van der Waals surface area contributed by atoms with E-state index in [4.69, 9.17) is 4.74 Å². The van der Waals surface area contributed by atoms with E-state index in [0.717, 1.165) is 62.9 Å². The molecule has 2 saturated heterocycles. The molecule has 150 valence electrons. The van der Waals surface area contributed by atoms with Gasteiger partial charge in [-0.2, -0.15) is 13.2 Å². The van der Waals surface area contributed by atoms with Gasteiger partial charge in [0.15, 0.2) is 5.69 Å². The molecule has 0 aromatic carbocycles. The molecule has 4 rings (SSSR count). The highest BCUT2D eigenvalue weighted by Crippen LogP contribution is 2.44. The molecular weight excluding hydrogens is 389 g/mol. The molecule has 2 fully saturated rings. The van der Waals surface area contributed by atoms with Crippen LogP contribution < -0.4 is 4.90 Å². The van der Waals surface area contributed by atoms with Crippen molar-refractivity contribution in [2.75, 3.05) is 31.2 Å². The van der Waals surface area contributed by atoms with E-state index < -0.39 is 11.9 Å². The molecule has 2 aliphatic heterocycles. The predicted molar refractivity (Wildman–Crippen MR) is 99.3 cm³/mol. The molecule has 0 N–H and O–H groups in total. The Labute approximate surface area is 165 Å². The first-order valence-electron chi connectivity index (χ1n) is 9.22. The molecule has 0 unspecified atom stereocenters. The van der Waals surface area contributed by atoms with Crippen LogP contribution in [0, 0.1) is 11.3 Å². The van der Waals surface area contributed by atoms with Crippen LogP contribution in [0.15, 0.2) is 40.6 Å². The van der Waals surface area contributed by atoms with Gasteiger partial charge in [0.25, 0.3) is 0 Å². The minimum atomic E-state index is -4.50. The first kappa shape index (κ1) is 19.4.